The molecule has 2 unspecified atom stereocenters. The lowest BCUT2D eigenvalue weighted by Gasteiger charge is -2.38. The lowest BCUT2D eigenvalue weighted by atomic mass is 10.0. The number of carbonyl (C=O) groups excluding carboxylic acids is 1. The van der Waals surface area contributed by atoms with Gasteiger partial charge in [-0.2, -0.15) is 0 Å². The molecule has 104 valence electrons. The molecule has 0 radical (unpaired) electrons. The Kier molecular flexibility index (Phi) is 4.69. The number of aryl methyl sites for hydroxylation is 1. The number of aliphatic hydroxyl groups is 1. The number of hydrogen-bond acceptors (Lipinski definition) is 4. The first-order valence-corrected chi connectivity index (χ1v) is 6.68. The first-order valence-electron chi connectivity index (χ1n) is 6.68. The molecule has 0 amide bonds. The molecule has 19 heavy (non-hydrogen) atoms. The second-order valence-corrected chi connectivity index (χ2v) is 5.06. The number of nitrogens with zero attached hydrogens (tertiary/aromatic N) is 1. The second-order valence-electron chi connectivity index (χ2n) is 5.06. The van der Waals surface area contributed by atoms with Crippen LogP contribution >= 0.6 is 0 Å². The van der Waals surface area contributed by atoms with E-state index in [0.29, 0.717) is 19.8 Å². The van der Waals surface area contributed by atoms with Crippen molar-refractivity contribution < 1.29 is 14.6 Å². The van der Waals surface area contributed by atoms with E-state index in [1.54, 1.807) is 0 Å². The van der Waals surface area contributed by atoms with E-state index in [0.717, 1.165) is 11.1 Å². The zero-order valence-electron chi connectivity index (χ0n) is 11.5. The summed E-state index contributed by atoms with van der Waals surface area (Å²) in [6.07, 6.45) is 0. The zero-order chi connectivity index (χ0) is 13.8. The molecule has 1 N–H and O–H groups in total. The molecule has 1 fully saturated rings. The summed E-state index contributed by atoms with van der Waals surface area (Å²) in [4.78, 5) is 14.5. The van der Waals surface area contributed by atoms with E-state index < -0.39 is 0 Å². The van der Waals surface area contributed by atoms with Crippen molar-refractivity contribution in [2.24, 2.45) is 0 Å². The van der Waals surface area contributed by atoms with Gasteiger partial charge >= 0.3 is 0 Å². The van der Waals surface area contributed by atoms with Gasteiger partial charge < -0.3 is 9.84 Å². The molecule has 1 aliphatic heterocycles. The Bertz CT molecular complexity index is 430. The van der Waals surface area contributed by atoms with Gasteiger partial charge in [0.1, 0.15) is 0 Å². The van der Waals surface area contributed by atoms with E-state index in [1.807, 2.05) is 43.0 Å². The molecule has 1 aliphatic rings. The van der Waals surface area contributed by atoms with E-state index in [1.165, 1.54) is 0 Å². The minimum Gasteiger partial charge on any atom is -0.395 e. The molecule has 0 saturated carbocycles. The smallest absolute Gasteiger partial charge is 0.179 e. The lowest BCUT2D eigenvalue weighted by Crippen LogP contribution is -2.53. The van der Waals surface area contributed by atoms with Gasteiger partial charge in [0, 0.05) is 12.1 Å². The summed E-state index contributed by atoms with van der Waals surface area (Å²) in [5, 5.41) is 9.37. The highest BCUT2D eigenvalue weighted by molar-refractivity contribution is 5.99. The molecule has 1 heterocycles. The van der Waals surface area contributed by atoms with Gasteiger partial charge in [0.2, 0.25) is 0 Å². The lowest BCUT2D eigenvalue weighted by molar-refractivity contribution is -0.0390. The third-order valence-corrected chi connectivity index (χ3v) is 3.70. The van der Waals surface area contributed by atoms with Gasteiger partial charge in [-0.05, 0) is 13.8 Å². The van der Waals surface area contributed by atoms with Crippen molar-refractivity contribution in [2.45, 2.75) is 25.9 Å². The molecule has 0 aromatic heterocycles. The van der Waals surface area contributed by atoms with Crippen molar-refractivity contribution in [3.8, 4) is 0 Å². The van der Waals surface area contributed by atoms with Gasteiger partial charge in [-0.25, -0.2) is 0 Å². The summed E-state index contributed by atoms with van der Waals surface area (Å²) in [5.41, 5.74) is 1.87. The summed E-state index contributed by atoms with van der Waals surface area (Å²) in [5.74, 6) is 0.0975. The first kappa shape index (κ1) is 14.2. The normalized spacial score (nSPS) is 22.2. The van der Waals surface area contributed by atoms with Crippen LogP contribution in [-0.4, -0.2) is 54.2 Å². The second kappa shape index (κ2) is 6.28. The zero-order valence-corrected chi connectivity index (χ0v) is 11.5. The van der Waals surface area contributed by atoms with Crippen LogP contribution in [0.25, 0.3) is 0 Å². The van der Waals surface area contributed by atoms with Crippen LogP contribution in [-0.2, 0) is 4.74 Å². The summed E-state index contributed by atoms with van der Waals surface area (Å²) in [7, 11) is 0. The predicted molar refractivity (Wildman–Crippen MR) is 73.4 cm³/mol. The van der Waals surface area contributed by atoms with Crippen LogP contribution in [0.5, 0.6) is 0 Å². The van der Waals surface area contributed by atoms with Crippen LogP contribution in [0.15, 0.2) is 24.3 Å². The molecule has 1 saturated heterocycles. The highest BCUT2D eigenvalue weighted by atomic mass is 16.5. The Labute approximate surface area is 114 Å². The van der Waals surface area contributed by atoms with Crippen LogP contribution in [0.4, 0.5) is 0 Å². The number of Topliss-reactive ketones (excluding diaryl/α,β-unsaturated/α-hetero) is 1. The highest BCUT2D eigenvalue weighted by Gasteiger charge is 2.30. The van der Waals surface area contributed by atoms with E-state index in [4.69, 9.17) is 4.74 Å². The maximum absolute atomic E-state index is 12.5. The average molecular weight is 263 g/mol. The van der Waals surface area contributed by atoms with Crippen LogP contribution < -0.4 is 0 Å². The van der Waals surface area contributed by atoms with Crippen molar-refractivity contribution in [2.75, 3.05) is 26.4 Å². The number of benzene rings is 1. The number of hydrogen-bond donors (Lipinski definition) is 1. The van der Waals surface area contributed by atoms with Crippen molar-refractivity contribution >= 4 is 5.78 Å². The van der Waals surface area contributed by atoms with Crippen LogP contribution in [0, 0.1) is 6.92 Å². The number of carbonyl (C=O) groups is 1. The molecule has 0 bridgehead atoms. The van der Waals surface area contributed by atoms with Crippen molar-refractivity contribution in [1.82, 2.24) is 4.90 Å². The topological polar surface area (TPSA) is 49.8 Å². The fourth-order valence-electron chi connectivity index (χ4n) is 2.44. The van der Waals surface area contributed by atoms with Crippen molar-refractivity contribution in [3.05, 3.63) is 35.4 Å². The van der Waals surface area contributed by atoms with Crippen molar-refractivity contribution in [3.63, 3.8) is 0 Å². The third kappa shape index (κ3) is 3.21. The predicted octanol–water partition coefficient (Wildman–Crippen LogP) is 1.26. The minimum absolute atomic E-state index is 0.0194. The van der Waals surface area contributed by atoms with Gasteiger partial charge in [-0.3, -0.25) is 9.69 Å². The molecule has 0 spiro atoms. The standard InChI is InChI=1S/C15H21NO3/c1-11-3-5-13(6-4-11)15(18)12(2)16-7-8-19-10-14(16)9-17/h3-6,12,14,17H,7-10H2,1-2H3. The monoisotopic (exact) mass is 263 g/mol. The Morgan fingerprint density at radius 2 is 2.16 bits per heavy atom. The molecule has 4 heteroatoms. The number of aliphatic hydroxyl groups excluding tert-OH is 1. The molecular weight excluding hydrogens is 242 g/mol. The van der Waals surface area contributed by atoms with Crippen LogP contribution in [0.1, 0.15) is 22.8 Å². The molecule has 1 aromatic carbocycles. The largest absolute Gasteiger partial charge is 0.395 e. The van der Waals surface area contributed by atoms with Crippen LogP contribution in [0.2, 0.25) is 0 Å². The quantitative estimate of drug-likeness (QED) is 0.831. The molecular formula is C15H21NO3. The van der Waals surface area contributed by atoms with Crippen molar-refractivity contribution in [1.29, 1.82) is 0 Å². The Morgan fingerprint density at radius 3 is 2.79 bits per heavy atom. The number of ether oxygens (including phenoxy) is 1. The maximum atomic E-state index is 12.5. The van der Waals surface area contributed by atoms with Gasteiger partial charge in [0.25, 0.3) is 0 Å². The van der Waals surface area contributed by atoms with Gasteiger partial charge in [0.05, 0.1) is 31.9 Å². The molecule has 0 aliphatic carbocycles. The Balaban J connectivity index is 2.11. The Hall–Kier alpha value is -1.23. The summed E-state index contributed by atoms with van der Waals surface area (Å²) in [6.45, 7) is 5.71. The summed E-state index contributed by atoms with van der Waals surface area (Å²) in [6, 6.07) is 7.30. The average Bonchev–Trinajstić information content (AvgIpc) is 2.46. The number of morpholine rings is 1. The van der Waals surface area contributed by atoms with Crippen LogP contribution in [0.3, 0.4) is 0 Å². The molecule has 2 rings (SSSR count). The minimum atomic E-state index is -0.233. The van der Waals surface area contributed by atoms with Gasteiger partial charge in [0.15, 0.2) is 5.78 Å². The summed E-state index contributed by atoms with van der Waals surface area (Å²) >= 11 is 0. The van der Waals surface area contributed by atoms with Gasteiger partial charge in [-0.1, -0.05) is 29.8 Å². The first-order chi connectivity index (χ1) is 9.13. The molecule has 4 nitrogen and oxygen atoms in total. The number of ketones is 1. The van der Waals surface area contributed by atoms with E-state index in [-0.39, 0.29) is 24.5 Å². The fraction of sp³-hybridized carbons (Fsp3) is 0.533. The van der Waals surface area contributed by atoms with E-state index in [2.05, 4.69) is 0 Å². The summed E-state index contributed by atoms with van der Waals surface area (Å²) < 4.78 is 5.34. The van der Waals surface area contributed by atoms with Gasteiger partial charge in [-0.15, -0.1) is 0 Å². The van der Waals surface area contributed by atoms with E-state index in [9.17, 15) is 9.90 Å². The maximum Gasteiger partial charge on any atom is 0.179 e. The third-order valence-electron chi connectivity index (χ3n) is 3.70. The number of rotatable bonds is 4. The molecule has 1 aromatic rings. The van der Waals surface area contributed by atoms with E-state index >= 15 is 0 Å². The SMILES string of the molecule is Cc1ccc(C(=O)C(C)N2CCOCC2CO)cc1. The molecule has 2 atom stereocenters. The fourth-order valence-corrected chi connectivity index (χ4v) is 2.44. The highest BCUT2D eigenvalue weighted by Crippen LogP contribution is 2.15. The Morgan fingerprint density at radius 1 is 1.47 bits per heavy atom.